The molecule has 0 spiro atoms. The molecule has 2 aromatic carbocycles. The van der Waals surface area contributed by atoms with Crippen LogP contribution in [0.15, 0.2) is 47.3 Å². The van der Waals surface area contributed by atoms with E-state index in [2.05, 4.69) is 5.10 Å². The molecule has 1 aromatic heterocycles. The standard InChI is InChI=1S/C17H14Cl2N2O2/c1-10-12-4-2-3-5-13(12)17(23)21(20-10)9-16(22)14-7-6-11(18)8-15(14)19/h2-8,16,22H,9H2,1H3. The topological polar surface area (TPSA) is 55.1 Å². The van der Waals surface area contributed by atoms with Gasteiger partial charge in [-0.1, -0.05) is 47.5 Å². The van der Waals surface area contributed by atoms with Gasteiger partial charge in [0.05, 0.1) is 17.6 Å². The van der Waals surface area contributed by atoms with Crippen LogP contribution in [0.25, 0.3) is 10.8 Å². The van der Waals surface area contributed by atoms with Crippen LogP contribution in [0.2, 0.25) is 10.0 Å². The maximum atomic E-state index is 12.5. The summed E-state index contributed by atoms with van der Waals surface area (Å²) in [6, 6.07) is 12.1. The highest BCUT2D eigenvalue weighted by molar-refractivity contribution is 6.35. The number of hydrogen-bond acceptors (Lipinski definition) is 3. The zero-order valence-corrected chi connectivity index (χ0v) is 13.8. The predicted molar refractivity (Wildman–Crippen MR) is 92.2 cm³/mol. The number of aliphatic hydroxyl groups excluding tert-OH is 1. The quantitative estimate of drug-likeness (QED) is 0.784. The summed E-state index contributed by atoms with van der Waals surface area (Å²) in [6.45, 7) is 1.85. The number of aromatic nitrogens is 2. The minimum atomic E-state index is -0.953. The largest absolute Gasteiger partial charge is 0.386 e. The summed E-state index contributed by atoms with van der Waals surface area (Å²) in [5.41, 5.74) is 1.00. The predicted octanol–water partition coefficient (Wildman–Crippen LogP) is 3.75. The molecule has 1 heterocycles. The summed E-state index contributed by atoms with van der Waals surface area (Å²) in [5, 5.41) is 16.9. The number of hydrogen-bond donors (Lipinski definition) is 1. The fourth-order valence-corrected chi connectivity index (χ4v) is 3.10. The molecule has 0 aliphatic heterocycles. The van der Waals surface area contributed by atoms with Gasteiger partial charge in [-0.15, -0.1) is 0 Å². The van der Waals surface area contributed by atoms with Crippen LogP contribution in [-0.2, 0) is 6.54 Å². The van der Waals surface area contributed by atoms with Crippen LogP contribution in [0.3, 0.4) is 0 Å². The van der Waals surface area contributed by atoms with Crippen molar-refractivity contribution in [1.82, 2.24) is 9.78 Å². The fraction of sp³-hybridized carbons (Fsp3) is 0.176. The summed E-state index contributed by atoms with van der Waals surface area (Å²) in [4.78, 5) is 12.5. The molecule has 0 aliphatic carbocycles. The number of aliphatic hydroxyl groups is 1. The molecule has 0 saturated heterocycles. The van der Waals surface area contributed by atoms with E-state index >= 15 is 0 Å². The van der Waals surface area contributed by atoms with Crippen LogP contribution in [0, 0.1) is 6.92 Å². The molecule has 1 atom stereocenters. The van der Waals surface area contributed by atoms with Crippen molar-refractivity contribution < 1.29 is 5.11 Å². The molecule has 1 unspecified atom stereocenters. The molecule has 0 aliphatic rings. The van der Waals surface area contributed by atoms with Crippen LogP contribution in [0.4, 0.5) is 0 Å². The number of halogens is 2. The second-order valence-corrected chi connectivity index (χ2v) is 6.14. The first-order valence-corrected chi connectivity index (χ1v) is 7.82. The van der Waals surface area contributed by atoms with Crippen LogP contribution in [0.5, 0.6) is 0 Å². The normalized spacial score (nSPS) is 12.5. The van der Waals surface area contributed by atoms with E-state index < -0.39 is 6.10 Å². The van der Waals surface area contributed by atoms with Crippen molar-refractivity contribution >= 4 is 34.0 Å². The lowest BCUT2D eigenvalue weighted by Gasteiger charge is -2.15. The smallest absolute Gasteiger partial charge is 0.274 e. The molecule has 23 heavy (non-hydrogen) atoms. The minimum absolute atomic E-state index is 0.0197. The van der Waals surface area contributed by atoms with Crippen molar-refractivity contribution in [2.45, 2.75) is 19.6 Å². The Bertz CT molecular complexity index is 938. The number of rotatable bonds is 3. The molecule has 6 heteroatoms. The van der Waals surface area contributed by atoms with E-state index in [0.29, 0.717) is 21.0 Å². The average Bonchev–Trinajstić information content (AvgIpc) is 2.52. The van der Waals surface area contributed by atoms with E-state index in [0.717, 1.165) is 11.1 Å². The number of benzene rings is 2. The van der Waals surface area contributed by atoms with E-state index in [1.165, 1.54) is 4.68 Å². The highest BCUT2D eigenvalue weighted by Crippen LogP contribution is 2.27. The molecule has 1 N–H and O–H groups in total. The van der Waals surface area contributed by atoms with Crippen LogP contribution >= 0.6 is 23.2 Å². The number of nitrogens with zero attached hydrogens (tertiary/aromatic N) is 2. The summed E-state index contributed by atoms with van der Waals surface area (Å²) in [5.74, 6) is 0. The molecule has 118 valence electrons. The lowest BCUT2D eigenvalue weighted by Crippen LogP contribution is -2.27. The van der Waals surface area contributed by atoms with Crippen LogP contribution in [-0.4, -0.2) is 14.9 Å². The molecule has 0 saturated carbocycles. The third-order valence-corrected chi connectivity index (χ3v) is 4.28. The maximum absolute atomic E-state index is 12.5. The Morgan fingerprint density at radius 2 is 1.87 bits per heavy atom. The van der Waals surface area contributed by atoms with E-state index in [4.69, 9.17) is 23.2 Å². The first-order valence-electron chi connectivity index (χ1n) is 7.07. The van der Waals surface area contributed by atoms with E-state index in [-0.39, 0.29) is 12.1 Å². The summed E-state index contributed by atoms with van der Waals surface area (Å²) >= 11 is 12.0. The summed E-state index contributed by atoms with van der Waals surface area (Å²) in [7, 11) is 0. The van der Waals surface area contributed by atoms with Gasteiger partial charge in [-0.05, 0) is 25.1 Å². The van der Waals surface area contributed by atoms with E-state index in [1.807, 2.05) is 19.1 Å². The van der Waals surface area contributed by atoms with Crippen LogP contribution in [0.1, 0.15) is 17.4 Å². The summed E-state index contributed by atoms with van der Waals surface area (Å²) < 4.78 is 1.27. The minimum Gasteiger partial charge on any atom is -0.386 e. The second kappa shape index (κ2) is 6.32. The highest BCUT2D eigenvalue weighted by atomic mass is 35.5. The van der Waals surface area contributed by atoms with Crippen LogP contribution < -0.4 is 5.56 Å². The van der Waals surface area contributed by atoms with Gasteiger partial charge in [-0.25, -0.2) is 4.68 Å². The molecule has 3 rings (SSSR count). The molecule has 3 aromatic rings. The highest BCUT2D eigenvalue weighted by Gasteiger charge is 2.15. The van der Waals surface area contributed by atoms with Gasteiger partial charge in [0.2, 0.25) is 0 Å². The lowest BCUT2D eigenvalue weighted by atomic mass is 10.1. The van der Waals surface area contributed by atoms with Crippen molar-refractivity contribution in [3.8, 4) is 0 Å². The lowest BCUT2D eigenvalue weighted by molar-refractivity contribution is 0.149. The molecule has 0 fully saturated rings. The first-order chi connectivity index (χ1) is 11.0. The molecular formula is C17H14Cl2N2O2. The van der Waals surface area contributed by atoms with E-state index in [9.17, 15) is 9.90 Å². The zero-order chi connectivity index (χ0) is 16.6. The Labute approximate surface area is 142 Å². The fourth-order valence-electron chi connectivity index (χ4n) is 2.56. The van der Waals surface area contributed by atoms with Gasteiger partial charge < -0.3 is 5.11 Å². The van der Waals surface area contributed by atoms with Crippen molar-refractivity contribution in [2.75, 3.05) is 0 Å². The monoisotopic (exact) mass is 348 g/mol. The Hall–Kier alpha value is -1.88. The average molecular weight is 349 g/mol. The van der Waals surface area contributed by atoms with Gasteiger partial charge >= 0.3 is 0 Å². The van der Waals surface area contributed by atoms with Gasteiger partial charge in [0, 0.05) is 21.0 Å². The first kappa shape index (κ1) is 16.0. The van der Waals surface area contributed by atoms with Crippen molar-refractivity contribution in [1.29, 1.82) is 0 Å². The zero-order valence-electron chi connectivity index (χ0n) is 12.3. The molecule has 4 nitrogen and oxygen atoms in total. The van der Waals surface area contributed by atoms with E-state index in [1.54, 1.807) is 30.3 Å². The third kappa shape index (κ3) is 3.11. The molecule has 0 radical (unpaired) electrons. The molecule has 0 amide bonds. The van der Waals surface area contributed by atoms with Gasteiger partial charge in [-0.2, -0.15) is 5.10 Å². The Morgan fingerprint density at radius 1 is 1.17 bits per heavy atom. The van der Waals surface area contributed by atoms with Crippen molar-refractivity contribution in [3.63, 3.8) is 0 Å². The molecular weight excluding hydrogens is 335 g/mol. The Morgan fingerprint density at radius 3 is 2.57 bits per heavy atom. The van der Waals surface area contributed by atoms with Gasteiger partial charge in [0.25, 0.3) is 5.56 Å². The third-order valence-electron chi connectivity index (χ3n) is 3.72. The Kier molecular flexibility index (Phi) is 4.39. The van der Waals surface area contributed by atoms with Gasteiger partial charge in [0.1, 0.15) is 6.10 Å². The summed E-state index contributed by atoms with van der Waals surface area (Å²) in [6.07, 6.45) is -0.953. The second-order valence-electron chi connectivity index (χ2n) is 5.30. The van der Waals surface area contributed by atoms with Crippen molar-refractivity contribution in [3.05, 3.63) is 74.1 Å². The Balaban J connectivity index is 2.01. The SMILES string of the molecule is Cc1nn(CC(O)c2ccc(Cl)cc2Cl)c(=O)c2ccccc12. The molecule has 0 bridgehead atoms. The van der Waals surface area contributed by atoms with Crippen molar-refractivity contribution in [2.24, 2.45) is 0 Å². The number of aryl methyl sites for hydroxylation is 1. The van der Waals surface area contributed by atoms with Gasteiger partial charge in [0.15, 0.2) is 0 Å². The number of fused-ring (bicyclic) bond motifs is 1. The van der Waals surface area contributed by atoms with Gasteiger partial charge in [-0.3, -0.25) is 4.79 Å². The maximum Gasteiger partial charge on any atom is 0.274 e.